The first kappa shape index (κ1) is 14.5. The number of halogens is 1. The van der Waals surface area contributed by atoms with Crippen LogP contribution in [-0.4, -0.2) is 24.2 Å². The molecule has 17 heavy (non-hydrogen) atoms. The van der Waals surface area contributed by atoms with E-state index in [0.29, 0.717) is 5.92 Å². The molecule has 1 aromatic carbocycles. The van der Waals surface area contributed by atoms with Gasteiger partial charge in [0.2, 0.25) is 0 Å². The minimum absolute atomic E-state index is 0.153. The average Bonchev–Trinajstić information content (AvgIpc) is 2.27. The van der Waals surface area contributed by atoms with Gasteiger partial charge in [-0.3, -0.25) is 0 Å². The normalized spacial score (nSPS) is 13.0. The van der Waals surface area contributed by atoms with Crippen LogP contribution < -0.4 is 0 Å². The molecule has 1 aromatic rings. The summed E-state index contributed by atoms with van der Waals surface area (Å²) >= 11 is 4.24. The summed E-state index contributed by atoms with van der Waals surface area (Å²) in [6.45, 7) is 4.11. The quantitative estimate of drug-likeness (QED) is 0.729. The molecule has 0 saturated carbocycles. The molecule has 0 bridgehead atoms. The minimum atomic E-state index is -0.153. The maximum Gasteiger partial charge on any atom is 0.123 e. The standard InChI is InChI=1S/C14H22FNS/c1-12(7-9-17)6-8-16(2)11-13-4-3-5-14(15)10-13/h3-5,10,12,17H,6-9,11H2,1-2H3. The Hall–Kier alpha value is -0.540. The van der Waals surface area contributed by atoms with Crippen LogP contribution in [0.15, 0.2) is 24.3 Å². The van der Waals surface area contributed by atoms with E-state index in [4.69, 9.17) is 0 Å². The van der Waals surface area contributed by atoms with E-state index < -0.39 is 0 Å². The molecule has 0 aliphatic carbocycles. The van der Waals surface area contributed by atoms with Crippen LogP contribution in [0.1, 0.15) is 25.3 Å². The van der Waals surface area contributed by atoms with Gasteiger partial charge in [0.25, 0.3) is 0 Å². The zero-order valence-corrected chi connectivity index (χ0v) is 11.6. The topological polar surface area (TPSA) is 3.24 Å². The molecule has 0 heterocycles. The van der Waals surface area contributed by atoms with E-state index in [9.17, 15) is 4.39 Å². The second-order valence-electron chi connectivity index (χ2n) is 4.77. The van der Waals surface area contributed by atoms with Crippen molar-refractivity contribution in [3.63, 3.8) is 0 Å². The highest BCUT2D eigenvalue weighted by molar-refractivity contribution is 7.80. The lowest BCUT2D eigenvalue weighted by atomic mass is 10.0. The summed E-state index contributed by atoms with van der Waals surface area (Å²) in [6.07, 6.45) is 2.34. The van der Waals surface area contributed by atoms with Gasteiger partial charge in [-0.2, -0.15) is 12.6 Å². The highest BCUT2D eigenvalue weighted by Crippen LogP contribution is 2.11. The summed E-state index contributed by atoms with van der Waals surface area (Å²) in [4.78, 5) is 2.24. The lowest BCUT2D eigenvalue weighted by Gasteiger charge is -2.19. The molecule has 0 saturated heterocycles. The van der Waals surface area contributed by atoms with Gasteiger partial charge in [0, 0.05) is 6.54 Å². The molecule has 0 amide bonds. The van der Waals surface area contributed by atoms with E-state index in [1.165, 1.54) is 12.5 Å². The third-order valence-corrected chi connectivity index (χ3v) is 3.23. The smallest absolute Gasteiger partial charge is 0.123 e. The summed E-state index contributed by atoms with van der Waals surface area (Å²) < 4.78 is 13.0. The lowest BCUT2D eigenvalue weighted by Crippen LogP contribution is -2.21. The molecule has 0 aliphatic heterocycles. The van der Waals surface area contributed by atoms with Crippen LogP contribution in [0.2, 0.25) is 0 Å². The Morgan fingerprint density at radius 1 is 1.35 bits per heavy atom. The van der Waals surface area contributed by atoms with Crippen molar-refractivity contribution >= 4 is 12.6 Å². The monoisotopic (exact) mass is 255 g/mol. The number of hydrogen-bond acceptors (Lipinski definition) is 2. The number of thiol groups is 1. The van der Waals surface area contributed by atoms with E-state index in [2.05, 4.69) is 31.5 Å². The zero-order chi connectivity index (χ0) is 12.7. The first-order chi connectivity index (χ1) is 8.11. The van der Waals surface area contributed by atoms with Crippen molar-refractivity contribution in [3.05, 3.63) is 35.6 Å². The average molecular weight is 255 g/mol. The maximum absolute atomic E-state index is 13.0. The number of benzene rings is 1. The van der Waals surface area contributed by atoms with Crippen LogP contribution >= 0.6 is 12.6 Å². The molecule has 3 heteroatoms. The third-order valence-electron chi connectivity index (χ3n) is 2.97. The molecule has 1 nitrogen and oxygen atoms in total. The van der Waals surface area contributed by atoms with Gasteiger partial charge >= 0.3 is 0 Å². The van der Waals surface area contributed by atoms with Gasteiger partial charge in [0.15, 0.2) is 0 Å². The minimum Gasteiger partial charge on any atom is -0.302 e. The molecule has 1 rings (SSSR count). The van der Waals surface area contributed by atoms with Crippen LogP contribution in [0.25, 0.3) is 0 Å². The Labute approximate surface area is 109 Å². The summed E-state index contributed by atoms with van der Waals surface area (Å²) in [6, 6.07) is 6.82. The van der Waals surface area contributed by atoms with Gasteiger partial charge in [-0.1, -0.05) is 19.1 Å². The first-order valence-corrected chi connectivity index (χ1v) is 6.79. The number of rotatable bonds is 7. The van der Waals surface area contributed by atoms with E-state index in [-0.39, 0.29) is 5.82 Å². The predicted molar refractivity (Wildman–Crippen MR) is 75.0 cm³/mol. The summed E-state index contributed by atoms with van der Waals surface area (Å²) in [7, 11) is 2.08. The molecule has 0 N–H and O–H groups in total. The highest BCUT2D eigenvalue weighted by Gasteiger charge is 2.05. The lowest BCUT2D eigenvalue weighted by molar-refractivity contribution is 0.296. The zero-order valence-electron chi connectivity index (χ0n) is 10.7. The van der Waals surface area contributed by atoms with Gasteiger partial charge in [0.05, 0.1) is 0 Å². The Kier molecular flexibility index (Phi) is 6.60. The van der Waals surface area contributed by atoms with Gasteiger partial charge in [0.1, 0.15) is 5.82 Å². The van der Waals surface area contributed by atoms with Crippen molar-refractivity contribution in [1.82, 2.24) is 4.90 Å². The number of hydrogen-bond donors (Lipinski definition) is 1. The summed E-state index contributed by atoms with van der Waals surface area (Å²) in [5.41, 5.74) is 1.04. The van der Waals surface area contributed by atoms with Gasteiger partial charge in [-0.25, -0.2) is 4.39 Å². The van der Waals surface area contributed by atoms with Crippen LogP contribution in [0.3, 0.4) is 0 Å². The van der Waals surface area contributed by atoms with E-state index in [1.807, 2.05) is 6.07 Å². The van der Waals surface area contributed by atoms with Crippen LogP contribution in [0, 0.1) is 11.7 Å². The summed E-state index contributed by atoms with van der Waals surface area (Å²) in [5, 5.41) is 0. The fourth-order valence-corrected chi connectivity index (χ4v) is 2.27. The predicted octanol–water partition coefficient (Wildman–Crippen LogP) is 3.60. The van der Waals surface area contributed by atoms with E-state index >= 15 is 0 Å². The largest absolute Gasteiger partial charge is 0.302 e. The number of nitrogens with zero attached hydrogens (tertiary/aromatic N) is 1. The molecule has 0 spiro atoms. The van der Waals surface area contributed by atoms with Gasteiger partial charge in [-0.05, 0) is 55.8 Å². The Morgan fingerprint density at radius 3 is 2.76 bits per heavy atom. The van der Waals surface area contributed by atoms with Crippen LogP contribution in [-0.2, 0) is 6.54 Å². The van der Waals surface area contributed by atoms with Crippen LogP contribution in [0.4, 0.5) is 4.39 Å². The second-order valence-corrected chi connectivity index (χ2v) is 5.22. The fraction of sp³-hybridized carbons (Fsp3) is 0.571. The van der Waals surface area contributed by atoms with Crippen molar-refractivity contribution < 1.29 is 4.39 Å². The Morgan fingerprint density at radius 2 is 2.12 bits per heavy atom. The molecule has 1 unspecified atom stereocenters. The molecule has 1 atom stereocenters. The van der Waals surface area contributed by atoms with E-state index in [1.54, 1.807) is 12.1 Å². The molecule has 0 aliphatic rings. The van der Waals surface area contributed by atoms with Crippen LogP contribution in [0.5, 0.6) is 0 Å². The van der Waals surface area contributed by atoms with Crippen molar-refractivity contribution in [2.45, 2.75) is 26.3 Å². The molecule has 0 radical (unpaired) electrons. The highest BCUT2D eigenvalue weighted by atomic mass is 32.1. The molecule has 0 fully saturated rings. The molecular formula is C14H22FNS. The third kappa shape index (κ3) is 6.08. The van der Waals surface area contributed by atoms with Crippen molar-refractivity contribution in [1.29, 1.82) is 0 Å². The summed E-state index contributed by atoms with van der Waals surface area (Å²) in [5.74, 6) is 1.51. The Balaban J connectivity index is 2.32. The van der Waals surface area contributed by atoms with Crippen molar-refractivity contribution in [2.24, 2.45) is 5.92 Å². The molecule has 96 valence electrons. The molecule has 0 aromatic heterocycles. The van der Waals surface area contributed by atoms with Gasteiger partial charge in [-0.15, -0.1) is 0 Å². The van der Waals surface area contributed by atoms with Crippen molar-refractivity contribution in [3.8, 4) is 0 Å². The SMILES string of the molecule is CC(CCS)CCN(C)Cc1cccc(F)c1. The Bertz CT molecular complexity index is 330. The second kappa shape index (κ2) is 7.72. The fourth-order valence-electron chi connectivity index (χ4n) is 1.83. The van der Waals surface area contributed by atoms with Crippen molar-refractivity contribution in [2.75, 3.05) is 19.3 Å². The maximum atomic E-state index is 13.0. The van der Waals surface area contributed by atoms with E-state index in [0.717, 1.165) is 30.8 Å². The first-order valence-electron chi connectivity index (χ1n) is 6.15. The van der Waals surface area contributed by atoms with Gasteiger partial charge < -0.3 is 4.90 Å². The molecular weight excluding hydrogens is 233 g/mol.